The van der Waals surface area contributed by atoms with Crippen molar-refractivity contribution in [3.8, 4) is 0 Å². The number of benzene rings is 2. The average Bonchev–Trinajstić information content (AvgIpc) is 2.74. The molecule has 8 nitrogen and oxygen atoms in total. The van der Waals surface area contributed by atoms with Crippen molar-refractivity contribution >= 4 is 29.3 Å². The van der Waals surface area contributed by atoms with E-state index in [2.05, 4.69) is 10.2 Å². The van der Waals surface area contributed by atoms with Crippen LogP contribution in [0.1, 0.15) is 24.0 Å². The first kappa shape index (κ1) is 21.2. The number of likely N-dealkylation sites (tertiary alicyclic amines) is 1. The molecule has 2 amide bonds. The van der Waals surface area contributed by atoms with Gasteiger partial charge in [-0.2, -0.15) is 0 Å². The van der Waals surface area contributed by atoms with Crippen molar-refractivity contribution in [2.45, 2.75) is 19.4 Å². The van der Waals surface area contributed by atoms with Crippen LogP contribution in [0.2, 0.25) is 0 Å². The van der Waals surface area contributed by atoms with E-state index in [0.717, 1.165) is 24.9 Å². The van der Waals surface area contributed by atoms with Gasteiger partial charge >= 0.3 is 0 Å². The maximum absolute atomic E-state index is 12.4. The summed E-state index contributed by atoms with van der Waals surface area (Å²) in [5.74, 6) is -0.805. The van der Waals surface area contributed by atoms with Crippen molar-refractivity contribution in [3.05, 3.63) is 75.8 Å². The molecular weight excluding hydrogens is 384 g/mol. The lowest BCUT2D eigenvalue weighted by atomic mass is 9.97. The SMILES string of the molecule is NC(=O)C1CCCN(Cc2ccccc2NC(=O)C=Cc2ccccc2[N+](=O)[O-])C1. The lowest BCUT2D eigenvalue weighted by Gasteiger charge is -2.31. The minimum absolute atomic E-state index is 0.0592. The van der Waals surface area contributed by atoms with Crippen LogP contribution in [0, 0.1) is 16.0 Å². The van der Waals surface area contributed by atoms with E-state index in [1.54, 1.807) is 18.2 Å². The number of hydrogen-bond acceptors (Lipinski definition) is 5. The van der Waals surface area contributed by atoms with Gasteiger partial charge in [0.25, 0.3) is 5.69 Å². The molecule has 0 bridgehead atoms. The van der Waals surface area contributed by atoms with Gasteiger partial charge in [0.1, 0.15) is 0 Å². The second-order valence-electron chi connectivity index (χ2n) is 7.27. The lowest BCUT2D eigenvalue weighted by Crippen LogP contribution is -2.40. The van der Waals surface area contributed by atoms with E-state index < -0.39 is 4.92 Å². The Morgan fingerprint density at radius 2 is 1.93 bits per heavy atom. The second-order valence-corrected chi connectivity index (χ2v) is 7.27. The van der Waals surface area contributed by atoms with E-state index in [-0.39, 0.29) is 23.4 Å². The monoisotopic (exact) mass is 408 g/mol. The summed E-state index contributed by atoms with van der Waals surface area (Å²) in [5, 5.41) is 13.9. The minimum Gasteiger partial charge on any atom is -0.369 e. The van der Waals surface area contributed by atoms with Crippen LogP contribution < -0.4 is 11.1 Å². The summed E-state index contributed by atoms with van der Waals surface area (Å²) in [6.07, 6.45) is 4.42. The van der Waals surface area contributed by atoms with Crippen LogP contribution in [-0.2, 0) is 16.1 Å². The topological polar surface area (TPSA) is 119 Å². The highest BCUT2D eigenvalue weighted by atomic mass is 16.6. The van der Waals surface area contributed by atoms with E-state index in [1.165, 1.54) is 18.2 Å². The molecule has 30 heavy (non-hydrogen) atoms. The molecule has 0 saturated carbocycles. The molecule has 1 saturated heterocycles. The van der Waals surface area contributed by atoms with Crippen molar-refractivity contribution in [2.75, 3.05) is 18.4 Å². The molecule has 0 radical (unpaired) electrons. The number of nitrogens with zero attached hydrogens (tertiary/aromatic N) is 2. The Balaban J connectivity index is 1.68. The highest BCUT2D eigenvalue weighted by Crippen LogP contribution is 2.23. The van der Waals surface area contributed by atoms with Crippen molar-refractivity contribution in [2.24, 2.45) is 11.7 Å². The fraction of sp³-hybridized carbons (Fsp3) is 0.273. The van der Waals surface area contributed by atoms with Crippen LogP contribution in [0.3, 0.4) is 0 Å². The molecule has 156 valence electrons. The Kier molecular flexibility index (Phi) is 6.92. The number of anilines is 1. The molecular formula is C22H24N4O4. The first-order valence-electron chi connectivity index (χ1n) is 9.76. The fourth-order valence-electron chi connectivity index (χ4n) is 3.59. The lowest BCUT2D eigenvalue weighted by molar-refractivity contribution is -0.385. The van der Waals surface area contributed by atoms with Crippen molar-refractivity contribution in [3.63, 3.8) is 0 Å². The summed E-state index contributed by atoms with van der Waals surface area (Å²) < 4.78 is 0. The third kappa shape index (κ3) is 5.51. The smallest absolute Gasteiger partial charge is 0.276 e. The van der Waals surface area contributed by atoms with Gasteiger partial charge in [-0.15, -0.1) is 0 Å². The molecule has 1 fully saturated rings. The van der Waals surface area contributed by atoms with Crippen molar-refractivity contribution in [1.82, 2.24) is 4.90 Å². The molecule has 1 aliphatic rings. The molecule has 2 aromatic rings. The van der Waals surface area contributed by atoms with E-state index in [4.69, 9.17) is 5.73 Å². The van der Waals surface area contributed by atoms with Gasteiger partial charge in [-0.1, -0.05) is 30.3 Å². The Morgan fingerprint density at radius 1 is 1.20 bits per heavy atom. The summed E-state index contributed by atoms with van der Waals surface area (Å²) >= 11 is 0. The number of rotatable bonds is 7. The number of amides is 2. The summed E-state index contributed by atoms with van der Waals surface area (Å²) in [5.41, 5.74) is 7.34. The maximum atomic E-state index is 12.4. The third-order valence-corrected chi connectivity index (χ3v) is 5.12. The van der Waals surface area contributed by atoms with Crippen LogP contribution >= 0.6 is 0 Å². The van der Waals surface area contributed by atoms with Gasteiger partial charge in [-0.25, -0.2) is 0 Å². The number of hydrogen-bond donors (Lipinski definition) is 2. The Morgan fingerprint density at radius 3 is 2.70 bits per heavy atom. The number of nitrogens with one attached hydrogen (secondary N) is 1. The van der Waals surface area contributed by atoms with Crippen LogP contribution in [-0.4, -0.2) is 34.7 Å². The van der Waals surface area contributed by atoms with Crippen LogP contribution in [0.25, 0.3) is 6.08 Å². The van der Waals surface area contributed by atoms with Gasteiger partial charge in [0.2, 0.25) is 11.8 Å². The number of nitro benzene ring substituents is 1. The second kappa shape index (κ2) is 9.80. The molecule has 8 heteroatoms. The maximum Gasteiger partial charge on any atom is 0.276 e. The Labute approximate surface area is 174 Å². The molecule has 0 aliphatic carbocycles. The summed E-state index contributed by atoms with van der Waals surface area (Å²) in [7, 11) is 0. The standard InChI is InChI=1S/C22H24N4O4/c23-22(28)18-8-5-13-25(15-18)14-17-7-1-3-9-19(17)24-21(27)12-11-16-6-2-4-10-20(16)26(29)30/h1-4,6-7,9-12,18H,5,8,13-15H2,(H2,23,28)(H,24,27). The Bertz CT molecular complexity index is 973. The van der Waals surface area contributed by atoms with Crippen molar-refractivity contribution in [1.29, 1.82) is 0 Å². The van der Waals surface area contributed by atoms with Gasteiger partial charge in [0.15, 0.2) is 0 Å². The molecule has 0 aromatic heterocycles. The minimum atomic E-state index is -0.481. The number of primary amides is 1. The molecule has 3 N–H and O–H groups in total. The highest BCUT2D eigenvalue weighted by molar-refractivity contribution is 6.02. The predicted octanol–water partition coefficient (Wildman–Crippen LogP) is 2.94. The predicted molar refractivity (Wildman–Crippen MR) is 114 cm³/mol. The van der Waals surface area contributed by atoms with E-state index >= 15 is 0 Å². The number of para-hydroxylation sites is 2. The molecule has 0 spiro atoms. The van der Waals surface area contributed by atoms with Gasteiger partial charge in [-0.05, 0) is 43.2 Å². The molecule has 1 aliphatic heterocycles. The molecule has 3 rings (SSSR count). The zero-order valence-electron chi connectivity index (χ0n) is 16.5. The molecule has 1 atom stereocenters. The summed E-state index contributed by atoms with van der Waals surface area (Å²) in [6.45, 7) is 2.06. The number of nitrogens with two attached hydrogens (primary N) is 1. The average molecular weight is 408 g/mol. The third-order valence-electron chi connectivity index (χ3n) is 5.12. The summed E-state index contributed by atoms with van der Waals surface area (Å²) in [6, 6.07) is 13.7. The highest BCUT2D eigenvalue weighted by Gasteiger charge is 2.24. The first-order valence-corrected chi connectivity index (χ1v) is 9.76. The zero-order chi connectivity index (χ0) is 21.5. The molecule has 1 unspecified atom stereocenters. The van der Waals surface area contributed by atoms with Crippen LogP contribution in [0.4, 0.5) is 11.4 Å². The number of carbonyl (C=O) groups is 2. The summed E-state index contributed by atoms with van der Waals surface area (Å²) in [4.78, 5) is 36.7. The van der Waals surface area contributed by atoms with Gasteiger partial charge in [0.05, 0.1) is 16.4 Å². The van der Waals surface area contributed by atoms with Gasteiger partial charge < -0.3 is 11.1 Å². The number of piperidine rings is 1. The normalized spacial score (nSPS) is 17.0. The zero-order valence-corrected chi connectivity index (χ0v) is 16.5. The van der Waals surface area contributed by atoms with Crippen LogP contribution in [0.5, 0.6) is 0 Å². The number of nitro groups is 1. The number of carbonyl (C=O) groups excluding carboxylic acids is 2. The fourth-order valence-corrected chi connectivity index (χ4v) is 3.59. The van der Waals surface area contributed by atoms with E-state index in [0.29, 0.717) is 24.3 Å². The molecule has 1 heterocycles. The van der Waals surface area contributed by atoms with Gasteiger partial charge in [0, 0.05) is 30.9 Å². The van der Waals surface area contributed by atoms with Gasteiger partial charge in [-0.3, -0.25) is 24.6 Å². The largest absolute Gasteiger partial charge is 0.369 e. The Hall–Kier alpha value is -3.52. The van der Waals surface area contributed by atoms with E-state index in [1.807, 2.05) is 24.3 Å². The first-order chi connectivity index (χ1) is 14.4. The quantitative estimate of drug-likeness (QED) is 0.415. The van der Waals surface area contributed by atoms with E-state index in [9.17, 15) is 19.7 Å². The molecule has 2 aromatic carbocycles. The van der Waals surface area contributed by atoms with Crippen LogP contribution in [0.15, 0.2) is 54.6 Å². The van der Waals surface area contributed by atoms with Crippen molar-refractivity contribution < 1.29 is 14.5 Å².